The second kappa shape index (κ2) is 16.6. The first-order valence-corrected chi connectivity index (χ1v) is 24.2. The lowest BCUT2D eigenvalue weighted by molar-refractivity contribution is 0.274. The number of anilines is 4. The van der Waals surface area contributed by atoms with E-state index in [0.29, 0.717) is 16.0 Å². The summed E-state index contributed by atoms with van der Waals surface area (Å²) in [5.74, 6) is -0.119. The Morgan fingerprint density at radius 2 is 1.21 bits per heavy atom. The van der Waals surface area contributed by atoms with E-state index >= 15 is 0 Å². The summed E-state index contributed by atoms with van der Waals surface area (Å²) in [4.78, 5) is 7.80. The van der Waals surface area contributed by atoms with Gasteiger partial charge in [0.05, 0.1) is 21.8 Å². The van der Waals surface area contributed by atoms with Crippen molar-refractivity contribution in [3.63, 3.8) is 0 Å². The van der Waals surface area contributed by atoms with Crippen molar-refractivity contribution in [3.05, 3.63) is 113 Å². The topological polar surface area (TPSA) is 281 Å². The molecule has 3 heterocycles. The maximum absolute atomic E-state index is 13.4. The van der Waals surface area contributed by atoms with Gasteiger partial charge < -0.3 is 14.0 Å². The van der Waals surface area contributed by atoms with E-state index in [0.717, 1.165) is 16.7 Å². The van der Waals surface area contributed by atoms with Gasteiger partial charge in [0.15, 0.2) is 16.5 Å². The van der Waals surface area contributed by atoms with Gasteiger partial charge in [-0.15, -0.1) is 10.2 Å². The minimum absolute atomic E-state index is 0.0242. The zero-order chi connectivity index (χ0) is 43.7. The summed E-state index contributed by atoms with van der Waals surface area (Å²) in [5, 5.41) is 13.1. The van der Waals surface area contributed by atoms with Crippen LogP contribution in [0.3, 0.4) is 0 Å². The highest BCUT2D eigenvalue weighted by molar-refractivity contribution is 7.93. The number of methoxy groups -OCH3 is 1. The molecule has 0 saturated heterocycles. The van der Waals surface area contributed by atoms with Crippen LogP contribution in [0.2, 0.25) is 0 Å². The normalized spacial score (nSPS) is 12.2. The fourth-order valence-corrected chi connectivity index (χ4v) is 11.0. The largest absolute Gasteiger partial charge is 0.481 e. The molecule has 0 aliphatic carbocycles. The van der Waals surface area contributed by atoms with E-state index in [4.69, 9.17) is 14.0 Å². The Balaban J connectivity index is 1.01. The molecule has 3 aromatic heterocycles. The molecule has 0 aliphatic heterocycles. The Bertz CT molecular complexity index is 3210. The van der Waals surface area contributed by atoms with Gasteiger partial charge in [0, 0.05) is 17.4 Å². The Labute approximate surface area is 353 Å². The van der Waals surface area contributed by atoms with Gasteiger partial charge in [0.2, 0.25) is 11.0 Å². The fraction of sp³-hybridized carbons (Fsp3) is 0.139. The van der Waals surface area contributed by atoms with Crippen LogP contribution in [0.15, 0.2) is 115 Å². The van der Waals surface area contributed by atoms with Gasteiger partial charge in [-0.3, -0.25) is 18.9 Å². The predicted octanol–water partition coefficient (Wildman–Crippen LogP) is 5.19. The second-order valence-corrected chi connectivity index (χ2v) is 20.8. The number of aromatic nitrogens is 5. The maximum atomic E-state index is 13.4. The van der Waals surface area contributed by atoms with Crippen LogP contribution in [-0.4, -0.2) is 66.1 Å². The van der Waals surface area contributed by atoms with Crippen LogP contribution in [0.4, 0.5) is 22.3 Å². The number of hydrogen-bond acceptors (Lipinski definition) is 17. The molecule has 7 aromatic rings. The number of hydrogen-bond donors (Lipinski definition) is 4. The first-order chi connectivity index (χ1) is 28.8. The van der Waals surface area contributed by atoms with Crippen LogP contribution in [0.25, 0.3) is 10.8 Å². The van der Waals surface area contributed by atoms with E-state index in [2.05, 4.69) is 44.2 Å². The van der Waals surface area contributed by atoms with E-state index in [1.165, 1.54) is 87.7 Å². The van der Waals surface area contributed by atoms with Crippen LogP contribution < -0.4 is 28.4 Å². The number of benzene rings is 4. The van der Waals surface area contributed by atoms with Crippen molar-refractivity contribution in [3.8, 4) is 11.9 Å². The summed E-state index contributed by atoms with van der Waals surface area (Å²) in [5.41, 5.74) is 0.971. The SMILES string of the molecule is COc1cc(NS(=O)(=O)c2ccc(NS(=O)(=O)c3c(C)noc3C)cc2)nc(OCc2ccc3ccc(S(=O)(=O)Nc4ccc(S(=O)(=O)Nc5nnc(C)s5)cc4)cc3c2)n1. The Kier molecular flexibility index (Phi) is 11.6. The lowest BCUT2D eigenvalue weighted by Crippen LogP contribution is -2.16. The van der Waals surface area contributed by atoms with Crippen molar-refractivity contribution >= 4 is 84.5 Å². The van der Waals surface area contributed by atoms with Gasteiger partial charge in [0.25, 0.3) is 40.1 Å². The molecule has 25 heteroatoms. The van der Waals surface area contributed by atoms with E-state index < -0.39 is 40.1 Å². The molecule has 4 aromatic carbocycles. The van der Waals surface area contributed by atoms with Crippen LogP contribution in [0.1, 0.15) is 22.0 Å². The third-order valence-electron chi connectivity index (χ3n) is 8.50. The predicted molar refractivity (Wildman–Crippen MR) is 224 cm³/mol. The summed E-state index contributed by atoms with van der Waals surface area (Å²) < 4.78 is 130. The minimum Gasteiger partial charge on any atom is -0.481 e. The molecular formula is C36H33N9O11S5. The number of fused-ring (bicyclic) bond motifs is 1. The van der Waals surface area contributed by atoms with E-state index in [1.54, 1.807) is 31.2 Å². The molecule has 7 rings (SSSR count). The zero-order valence-corrected chi connectivity index (χ0v) is 36.2. The van der Waals surface area contributed by atoms with E-state index in [1.807, 2.05) is 0 Å². The van der Waals surface area contributed by atoms with Gasteiger partial charge in [-0.05, 0) is 104 Å². The summed E-state index contributed by atoms with van der Waals surface area (Å²) in [6.45, 7) is 4.51. The monoisotopic (exact) mass is 927 g/mol. The van der Waals surface area contributed by atoms with Crippen molar-refractivity contribution in [2.24, 2.45) is 0 Å². The van der Waals surface area contributed by atoms with Gasteiger partial charge in [-0.25, -0.2) is 33.7 Å². The third-order valence-corrected chi connectivity index (χ3v) is 15.1. The molecule has 0 unspecified atom stereocenters. The smallest absolute Gasteiger partial charge is 0.322 e. The van der Waals surface area contributed by atoms with Crippen molar-refractivity contribution in [1.82, 2.24) is 25.3 Å². The molecule has 4 N–H and O–H groups in total. The molecule has 0 radical (unpaired) electrons. The molecule has 0 spiro atoms. The van der Waals surface area contributed by atoms with Crippen LogP contribution >= 0.6 is 11.3 Å². The Morgan fingerprint density at radius 1 is 0.623 bits per heavy atom. The first-order valence-electron chi connectivity index (χ1n) is 17.4. The third kappa shape index (κ3) is 9.81. The van der Waals surface area contributed by atoms with E-state index in [9.17, 15) is 33.7 Å². The molecule has 318 valence electrons. The number of nitrogens with zero attached hydrogens (tertiary/aromatic N) is 5. The molecule has 0 atom stereocenters. The number of rotatable bonds is 16. The average Bonchev–Trinajstić information content (AvgIpc) is 3.78. The zero-order valence-electron chi connectivity index (χ0n) is 32.1. The minimum atomic E-state index is -4.26. The highest BCUT2D eigenvalue weighted by Crippen LogP contribution is 2.28. The van der Waals surface area contributed by atoms with Crippen molar-refractivity contribution in [1.29, 1.82) is 0 Å². The molecule has 0 bridgehead atoms. The molecule has 20 nitrogen and oxygen atoms in total. The number of nitrogens with one attached hydrogen (secondary N) is 4. The quantitative estimate of drug-likeness (QED) is 0.0971. The first kappa shape index (κ1) is 42.7. The standard InChI is InChI=1S/C36H33N9O11S5/c1-21-34(22(2)56-41-21)61(52,53)43-28-10-13-29(14-11-28)58(46,47)44-32-19-33(54-4)38-35(37-32)55-20-24-5-6-25-7-12-31(18-26(25)17-24)60(50,51)42-27-8-15-30(16-9-27)59(48,49)45-36-40-39-23(3)57-36/h5-19,42-43H,20H2,1-4H3,(H,40,45)(H,37,38,44). The van der Waals surface area contributed by atoms with Crippen molar-refractivity contribution < 1.29 is 47.7 Å². The number of aryl methyl sites for hydroxylation is 3. The van der Waals surface area contributed by atoms with Gasteiger partial charge in [-0.1, -0.05) is 34.7 Å². The van der Waals surface area contributed by atoms with Gasteiger partial charge >= 0.3 is 6.01 Å². The van der Waals surface area contributed by atoms with Crippen LogP contribution in [0, 0.1) is 20.8 Å². The van der Waals surface area contributed by atoms with Crippen molar-refractivity contribution in [2.75, 3.05) is 26.0 Å². The lowest BCUT2D eigenvalue weighted by atomic mass is 10.1. The van der Waals surface area contributed by atoms with Crippen LogP contribution in [0.5, 0.6) is 11.9 Å². The second-order valence-electron chi connectivity index (χ2n) is 13.0. The van der Waals surface area contributed by atoms with Gasteiger partial charge in [0.1, 0.15) is 17.3 Å². The van der Waals surface area contributed by atoms with Crippen LogP contribution in [-0.2, 0) is 46.7 Å². The molecule has 0 aliphatic rings. The highest BCUT2D eigenvalue weighted by Gasteiger charge is 2.25. The summed E-state index contributed by atoms with van der Waals surface area (Å²) in [7, 11) is -15.1. The molecule has 0 amide bonds. The molecule has 61 heavy (non-hydrogen) atoms. The van der Waals surface area contributed by atoms with Gasteiger partial charge in [-0.2, -0.15) is 9.97 Å². The van der Waals surface area contributed by atoms with E-state index in [-0.39, 0.29) is 71.9 Å². The Morgan fingerprint density at radius 3 is 1.80 bits per heavy atom. The summed E-state index contributed by atoms with van der Waals surface area (Å²) in [6, 6.07) is 20.8. The highest BCUT2D eigenvalue weighted by atomic mass is 32.2. The molecule has 0 fully saturated rings. The van der Waals surface area contributed by atoms with Crippen molar-refractivity contribution in [2.45, 2.75) is 47.0 Å². The molecule has 0 saturated carbocycles. The molecular weight excluding hydrogens is 895 g/mol. The lowest BCUT2D eigenvalue weighted by Gasteiger charge is -2.12. The fourth-order valence-electron chi connectivity index (χ4n) is 5.70. The number of sulfonamides is 4. The average molecular weight is 928 g/mol. The summed E-state index contributed by atoms with van der Waals surface area (Å²) in [6.07, 6.45) is 0. The maximum Gasteiger partial charge on any atom is 0.322 e. The summed E-state index contributed by atoms with van der Waals surface area (Å²) >= 11 is 1.07. The number of ether oxygens (including phenoxy) is 2. The Hall–Kier alpha value is -6.41.